The van der Waals surface area contributed by atoms with Crippen LogP contribution in [0, 0.1) is 5.82 Å². The van der Waals surface area contributed by atoms with Gasteiger partial charge in [-0.3, -0.25) is 4.68 Å². The van der Waals surface area contributed by atoms with E-state index in [9.17, 15) is 9.50 Å². The van der Waals surface area contributed by atoms with Crippen LogP contribution in [0.4, 0.5) is 4.39 Å². The summed E-state index contributed by atoms with van der Waals surface area (Å²) in [6, 6.07) is 4.46. The Bertz CT molecular complexity index is 630. The molecule has 1 N–H and O–H groups in total. The Morgan fingerprint density at radius 2 is 2.20 bits per heavy atom. The lowest BCUT2D eigenvalue weighted by atomic mass is 10.0. The second-order valence-electron chi connectivity index (χ2n) is 4.58. The second-order valence-corrected chi connectivity index (χ2v) is 5.81. The molecular formula is C14H15BrClFN2O. The molecule has 1 atom stereocenters. The number of aromatic nitrogens is 2. The maximum atomic E-state index is 13.2. The van der Waals surface area contributed by atoms with Gasteiger partial charge in [0.2, 0.25) is 0 Å². The first-order valence-corrected chi connectivity index (χ1v) is 7.44. The summed E-state index contributed by atoms with van der Waals surface area (Å²) >= 11 is 9.37. The van der Waals surface area contributed by atoms with Crippen molar-refractivity contribution in [2.24, 2.45) is 7.05 Å². The van der Waals surface area contributed by atoms with Crippen molar-refractivity contribution in [3.63, 3.8) is 0 Å². The summed E-state index contributed by atoms with van der Waals surface area (Å²) in [5.41, 5.74) is 2.22. The zero-order valence-electron chi connectivity index (χ0n) is 11.2. The number of hydrogen-bond acceptors (Lipinski definition) is 2. The van der Waals surface area contributed by atoms with E-state index in [0.29, 0.717) is 21.5 Å². The van der Waals surface area contributed by atoms with Crippen LogP contribution in [0.1, 0.15) is 30.0 Å². The van der Waals surface area contributed by atoms with Gasteiger partial charge < -0.3 is 5.11 Å². The summed E-state index contributed by atoms with van der Waals surface area (Å²) in [6.45, 7) is 1.98. The van der Waals surface area contributed by atoms with E-state index in [0.717, 1.165) is 17.8 Å². The molecule has 1 aromatic carbocycles. The van der Waals surface area contributed by atoms with E-state index in [2.05, 4.69) is 21.0 Å². The number of hydrogen-bond donors (Lipinski definition) is 1. The molecular weight excluding hydrogens is 347 g/mol. The summed E-state index contributed by atoms with van der Waals surface area (Å²) in [6.07, 6.45) is 0.315. The SMILES string of the molecule is CCc1nn(C)c(CC(O)c2ccc(F)c(Br)c2)c1Cl. The lowest BCUT2D eigenvalue weighted by molar-refractivity contribution is 0.175. The van der Waals surface area contributed by atoms with Crippen molar-refractivity contribution in [3.05, 3.63) is 50.5 Å². The quantitative estimate of drug-likeness (QED) is 0.899. The highest BCUT2D eigenvalue weighted by Gasteiger charge is 2.18. The molecule has 3 nitrogen and oxygen atoms in total. The number of aryl methyl sites for hydroxylation is 2. The number of aliphatic hydroxyl groups excluding tert-OH is 1. The fourth-order valence-corrected chi connectivity index (χ4v) is 2.83. The minimum absolute atomic E-state index is 0.333. The number of aliphatic hydroxyl groups is 1. The molecule has 0 fully saturated rings. The first kappa shape index (κ1) is 15.5. The molecule has 0 aliphatic heterocycles. The van der Waals surface area contributed by atoms with E-state index >= 15 is 0 Å². The fourth-order valence-electron chi connectivity index (χ4n) is 2.06. The van der Waals surface area contributed by atoms with Crippen LogP contribution in [0.3, 0.4) is 0 Å². The molecule has 1 aromatic heterocycles. The highest BCUT2D eigenvalue weighted by Crippen LogP contribution is 2.28. The first-order valence-electron chi connectivity index (χ1n) is 6.27. The van der Waals surface area contributed by atoms with Gasteiger partial charge in [0, 0.05) is 13.5 Å². The van der Waals surface area contributed by atoms with Gasteiger partial charge in [0.1, 0.15) is 5.82 Å². The van der Waals surface area contributed by atoms with E-state index in [-0.39, 0.29) is 5.82 Å². The van der Waals surface area contributed by atoms with Crippen LogP contribution < -0.4 is 0 Å². The van der Waals surface area contributed by atoms with Crippen LogP contribution in [0.2, 0.25) is 5.02 Å². The Balaban J connectivity index is 2.25. The molecule has 0 saturated heterocycles. The van der Waals surface area contributed by atoms with Gasteiger partial charge in [-0.05, 0) is 40.0 Å². The Hall–Kier alpha value is -0.910. The topological polar surface area (TPSA) is 38.0 Å². The normalized spacial score (nSPS) is 12.7. The van der Waals surface area contributed by atoms with Crippen molar-refractivity contribution >= 4 is 27.5 Å². The van der Waals surface area contributed by atoms with Crippen LogP contribution in [0.25, 0.3) is 0 Å². The van der Waals surface area contributed by atoms with Gasteiger partial charge in [-0.15, -0.1) is 0 Å². The van der Waals surface area contributed by atoms with Crippen LogP contribution in [0.15, 0.2) is 22.7 Å². The molecule has 0 spiro atoms. The average molecular weight is 362 g/mol. The lowest BCUT2D eigenvalue weighted by Crippen LogP contribution is -2.07. The second kappa shape index (κ2) is 6.24. The van der Waals surface area contributed by atoms with E-state index in [1.54, 1.807) is 23.9 Å². The predicted octanol–water partition coefficient (Wildman–Crippen LogP) is 3.81. The molecule has 20 heavy (non-hydrogen) atoms. The minimum atomic E-state index is -0.760. The molecule has 1 heterocycles. The summed E-state index contributed by atoms with van der Waals surface area (Å²) in [5.74, 6) is -0.354. The first-order chi connectivity index (χ1) is 9.43. The number of benzene rings is 1. The largest absolute Gasteiger partial charge is 0.388 e. The van der Waals surface area contributed by atoms with Crippen LogP contribution in [-0.4, -0.2) is 14.9 Å². The molecule has 0 aliphatic carbocycles. The maximum Gasteiger partial charge on any atom is 0.137 e. The molecule has 0 radical (unpaired) electrons. The number of halogens is 3. The summed E-state index contributed by atoms with van der Waals surface area (Å²) in [5, 5.41) is 15.2. The summed E-state index contributed by atoms with van der Waals surface area (Å²) in [4.78, 5) is 0. The zero-order chi connectivity index (χ0) is 14.9. The van der Waals surface area contributed by atoms with Crippen molar-refractivity contribution in [2.75, 3.05) is 0 Å². The minimum Gasteiger partial charge on any atom is -0.388 e. The number of nitrogens with zero attached hydrogens (tertiary/aromatic N) is 2. The van der Waals surface area contributed by atoms with E-state index < -0.39 is 6.10 Å². The van der Waals surface area contributed by atoms with Crippen molar-refractivity contribution < 1.29 is 9.50 Å². The highest BCUT2D eigenvalue weighted by atomic mass is 79.9. The molecule has 0 aliphatic rings. The van der Waals surface area contributed by atoms with Gasteiger partial charge >= 0.3 is 0 Å². The Morgan fingerprint density at radius 1 is 1.50 bits per heavy atom. The molecule has 0 saturated carbocycles. The lowest BCUT2D eigenvalue weighted by Gasteiger charge is -2.12. The zero-order valence-corrected chi connectivity index (χ0v) is 13.5. The fraction of sp³-hybridized carbons (Fsp3) is 0.357. The van der Waals surface area contributed by atoms with Crippen LogP contribution >= 0.6 is 27.5 Å². The van der Waals surface area contributed by atoms with Gasteiger partial charge in [0.05, 0.1) is 27.0 Å². The molecule has 1 unspecified atom stereocenters. The molecule has 2 rings (SSSR count). The maximum absolute atomic E-state index is 13.2. The van der Waals surface area contributed by atoms with Gasteiger partial charge in [0.25, 0.3) is 0 Å². The van der Waals surface area contributed by atoms with Crippen molar-refractivity contribution in [2.45, 2.75) is 25.9 Å². The van der Waals surface area contributed by atoms with E-state index in [4.69, 9.17) is 11.6 Å². The van der Waals surface area contributed by atoms with Crippen molar-refractivity contribution in [1.82, 2.24) is 9.78 Å². The highest BCUT2D eigenvalue weighted by molar-refractivity contribution is 9.10. The average Bonchev–Trinajstić information content (AvgIpc) is 2.69. The molecule has 108 valence electrons. The van der Waals surface area contributed by atoms with Crippen LogP contribution in [0.5, 0.6) is 0 Å². The van der Waals surface area contributed by atoms with Crippen molar-refractivity contribution in [3.8, 4) is 0 Å². The predicted molar refractivity (Wildman–Crippen MR) is 80.4 cm³/mol. The summed E-state index contributed by atoms with van der Waals surface area (Å²) < 4.78 is 15.2. The van der Waals surface area contributed by atoms with E-state index in [1.165, 1.54) is 6.07 Å². The monoisotopic (exact) mass is 360 g/mol. The third-order valence-corrected chi connectivity index (χ3v) is 4.26. The van der Waals surface area contributed by atoms with Gasteiger partial charge in [-0.2, -0.15) is 5.10 Å². The van der Waals surface area contributed by atoms with Gasteiger partial charge in [-0.1, -0.05) is 24.6 Å². The Morgan fingerprint density at radius 3 is 2.75 bits per heavy atom. The van der Waals surface area contributed by atoms with Gasteiger partial charge in [0.15, 0.2) is 0 Å². The third kappa shape index (κ3) is 3.05. The number of rotatable bonds is 4. The third-order valence-electron chi connectivity index (χ3n) is 3.22. The molecule has 6 heteroatoms. The van der Waals surface area contributed by atoms with E-state index in [1.807, 2.05) is 6.92 Å². The van der Waals surface area contributed by atoms with Crippen LogP contribution in [-0.2, 0) is 19.9 Å². The smallest absolute Gasteiger partial charge is 0.137 e. The standard InChI is InChI=1S/C14H15BrClFN2O/c1-3-11-14(16)12(19(2)18-11)7-13(20)8-4-5-10(17)9(15)6-8/h4-6,13,20H,3,7H2,1-2H3. The Kier molecular flexibility index (Phi) is 4.83. The molecule has 2 aromatic rings. The van der Waals surface area contributed by atoms with Gasteiger partial charge in [-0.25, -0.2) is 4.39 Å². The van der Waals surface area contributed by atoms with Crippen molar-refractivity contribution in [1.29, 1.82) is 0 Å². The molecule has 0 amide bonds. The Labute approximate surface area is 130 Å². The summed E-state index contributed by atoms with van der Waals surface area (Å²) in [7, 11) is 1.80. The molecule has 0 bridgehead atoms.